The quantitative estimate of drug-likeness (QED) is 0.843. The Hall–Kier alpha value is -2.31. The van der Waals surface area contributed by atoms with Crippen molar-refractivity contribution in [2.24, 2.45) is 0 Å². The van der Waals surface area contributed by atoms with E-state index in [-0.39, 0.29) is 23.3 Å². The molecular weight excluding hydrogens is 392 g/mol. The molecule has 27 heavy (non-hydrogen) atoms. The van der Waals surface area contributed by atoms with E-state index in [0.29, 0.717) is 42.5 Å². The van der Waals surface area contributed by atoms with Crippen molar-refractivity contribution in [1.82, 2.24) is 10.2 Å². The molecule has 2 aromatic rings. The van der Waals surface area contributed by atoms with Crippen molar-refractivity contribution in [3.05, 3.63) is 63.9 Å². The van der Waals surface area contributed by atoms with Gasteiger partial charge >= 0.3 is 0 Å². The van der Waals surface area contributed by atoms with Crippen LogP contribution in [0.15, 0.2) is 42.5 Å². The maximum atomic E-state index is 13.9. The summed E-state index contributed by atoms with van der Waals surface area (Å²) in [6.07, 6.45) is 0. The number of carbonyl (C=O) groups is 2. The van der Waals surface area contributed by atoms with Crippen LogP contribution in [-0.2, 0) is 4.79 Å². The minimum Gasteiger partial charge on any atom is -0.366 e. The number of hydrogen-bond donors (Lipinski definition) is 1. The number of anilines is 1. The molecule has 0 radical (unpaired) electrons. The molecule has 1 heterocycles. The highest BCUT2D eigenvalue weighted by atomic mass is 35.5. The maximum absolute atomic E-state index is 13.9. The zero-order chi connectivity index (χ0) is 19.4. The minimum absolute atomic E-state index is 0.112. The molecule has 1 saturated heterocycles. The first kappa shape index (κ1) is 19.5. The topological polar surface area (TPSA) is 52.7 Å². The second kappa shape index (κ2) is 8.59. The number of piperazine rings is 1. The van der Waals surface area contributed by atoms with E-state index in [9.17, 15) is 14.0 Å². The smallest absolute Gasteiger partial charge is 0.251 e. The summed E-state index contributed by atoms with van der Waals surface area (Å²) in [6.45, 7) is 1.89. The lowest BCUT2D eigenvalue weighted by Gasteiger charge is -2.36. The van der Waals surface area contributed by atoms with E-state index in [1.165, 1.54) is 18.2 Å². The average Bonchev–Trinajstić information content (AvgIpc) is 2.68. The van der Waals surface area contributed by atoms with Crippen LogP contribution in [0.5, 0.6) is 0 Å². The van der Waals surface area contributed by atoms with E-state index >= 15 is 0 Å². The molecule has 0 spiro atoms. The Morgan fingerprint density at radius 1 is 1.00 bits per heavy atom. The summed E-state index contributed by atoms with van der Waals surface area (Å²) < 4.78 is 13.9. The van der Waals surface area contributed by atoms with E-state index in [4.69, 9.17) is 23.2 Å². The van der Waals surface area contributed by atoms with Crippen LogP contribution in [0.2, 0.25) is 10.0 Å². The molecule has 142 valence electrons. The van der Waals surface area contributed by atoms with Crippen LogP contribution < -0.4 is 10.2 Å². The van der Waals surface area contributed by atoms with Gasteiger partial charge in [0.05, 0.1) is 22.3 Å². The van der Waals surface area contributed by atoms with Crippen LogP contribution in [0.1, 0.15) is 10.4 Å². The van der Waals surface area contributed by atoms with Crippen molar-refractivity contribution in [2.75, 3.05) is 37.6 Å². The third-order valence-electron chi connectivity index (χ3n) is 4.41. The van der Waals surface area contributed by atoms with Crippen LogP contribution >= 0.6 is 23.2 Å². The number of rotatable bonds is 4. The summed E-state index contributed by atoms with van der Waals surface area (Å²) in [7, 11) is 0. The Morgan fingerprint density at radius 2 is 1.70 bits per heavy atom. The first-order valence-corrected chi connectivity index (χ1v) is 9.22. The molecular formula is C19H18Cl2FN3O2. The molecule has 0 aliphatic carbocycles. The van der Waals surface area contributed by atoms with Crippen molar-refractivity contribution in [3.8, 4) is 0 Å². The fourth-order valence-corrected chi connectivity index (χ4v) is 3.21. The number of nitrogens with one attached hydrogen (secondary N) is 1. The lowest BCUT2D eigenvalue weighted by molar-refractivity contribution is -0.130. The van der Waals surface area contributed by atoms with Gasteiger partial charge in [0.15, 0.2) is 0 Å². The van der Waals surface area contributed by atoms with E-state index in [1.807, 2.05) is 4.90 Å². The summed E-state index contributed by atoms with van der Waals surface area (Å²) in [4.78, 5) is 28.0. The van der Waals surface area contributed by atoms with E-state index in [1.54, 1.807) is 29.2 Å². The molecule has 8 heteroatoms. The zero-order valence-corrected chi connectivity index (χ0v) is 15.9. The number of carbonyl (C=O) groups excluding carboxylic acids is 2. The largest absolute Gasteiger partial charge is 0.366 e. The zero-order valence-electron chi connectivity index (χ0n) is 14.4. The van der Waals surface area contributed by atoms with Crippen molar-refractivity contribution in [1.29, 1.82) is 0 Å². The predicted molar refractivity (Wildman–Crippen MR) is 104 cm³/mol. The molecule has 0 bridgehead atoms. The van der Waals surface area contributed by atoms with Crippen LogP contribution in [0.3, 0.4) is 0 Å². The maximum Gasteiger partial charge on any atom is 0.251 e. The van der Waals surface area contributed by atoms with Gasteiger partial charge in [-0.3, -0.25) is 9.59 Å². The molecule has 1 aliphatic rings. The van der Waals surface area contributed by atoms with Crippen molar-refractivity contribution in [2.45, 2.75) is 0 Å². The lowest BCUT2D eigenvalue weighted by atomic mass is 10.2. The number of benzene rings is 2. The summed E-state index contributed by atoms with van der Waals surface area (Å²) in [5.74, 6) is -0.852. The van der Waals surface area contributed by atoms with Crippen LogP contribution in [0.25, 0.3) is 0 Å². The van der Waals surface area contributed by atoms with Gasteiger partial charge in [-0.2, -0.15) is 0 Å². The van der Waals surface area contributed by atoms with E-state index < -0.39 is 5.91 Å². The molecule has 5 nitrogen and oxygen atoms in total. The standard InChI is InChI=1S/C19H18Cl2FN3O2/c20-14-6-5-13(11-15(14)21)19(27)23-12-18(26)25-9-7-24(8-10-25)17-4-2-1-3-16(17)22/h1-6,11H,7-10,12H2,(H,23,27). The van der Waals surface area contributed by atoms with Gasteiger partial charge in [0, 0.05) is 31.7 Å². The van der Waals surface area contributed by atoms with E-state index in [2.05, 4.69) is 5.32 Å². The molecule has 0 saturated carbocycles. The van der Waals surface area contributed by atoms with Gasteiger partial charge in [-0.05, 0) is 30.3 Å². The number of nitrogens with zero attached hydrogens (tertiary/aromatic N) is 2. The van der Waals surface area contributed by atoms with Gasteiger partial charge < -0.3 is 15.1 Å². The number of amides is 2. The molecule has 0 atom stereocenters. The molecule has 2 aromatic carbocycles. The van der Waals surface area contributed by atoms with Crippen LogP contribution in [0.4, 0.5) is 10.1 Å². The average molecular weight is 410 g/mol. The normalized spacial score (nSPS) is 14.2. The Balaban J connectivity index is 1.50. The molecule has 0 unspecified atom stereocenters. The first-order chi connectivity index (χ1) is 13.0. The Morgan fingerprint density at radius 3 is 2.37 bits per heavy atom. The Bertz CT molecular complexity index is 855. The summed E-state index contributed by atoms with van der Waals surface area (Å²) in [6, 6.07) is 11.1. The van der Waals surface area contributed by atoms with Gasteiger partial charge in [0.25, 0.3) is 5.91 Å². The van der Waals surface area contributed by atoms with Crippen LogP contribution in [-0.4, -0.2) is 49.4 Å². The highest BCUT2D eigenvalue weighted by molar-refractivity contribution is 6.42. The first-order valence-electron chi connectivity index (χ1n) is 8.46. The van der Waals surface area contributed by atoms with Crippen molar-refractivity contribution in [3.63, 3.8) is 0 Å². The second-order valence-electron chi connectivity index (χ2n) is 6.13. The number of hydrogen-bond acceptors (Lipinski definition) is 3. The molecule has 1 N–H and O–H groups in total. The Kier molecular flexibility index (Phi) is 6.19. The third-order valence-corrected chi connectivity index (χ3v) is 5.15. The SMILES string of the molecule is O=C(NCC(=O)N1CCN(c2ccccc2F)CC1)c1ccc(Cl)c(Cl)c1. The third kappa shape index (κ3) is 4.70. The lowest BCUT2D eigenvalue weighted by Crippen LogP contribution is -2.51. The monoisotopic (exact) mass is 409 g/mol. The second-order valence-corrected chi connectivity index (χ2v) is 6.95. The van der Waals surface area contributed by atoms with Crippen molar-refractivity contribution >= 4 is 40.7 Å². The van der Waals surface area contributed by atoms with E-state index in [0.717, 1.165) is 0 Å². The molecule has 0 aromatic heterocycles. The summed E-state index contributed by atoms with van der Waals surface area (Å²) in [5, 5.41) is 3.23. The molecule has 1 fully saturated rings. The van der Waals surface area contributed by atoms with Gasteiger partial charge in [-0.25, -0.2) is 4.39 Å². The predicted octanol–water partition coefficient (Wildman–Crippen LogP) is 3.21. The molecule has 3 rings (SSSR count). The van der Waals surface area contributed by atoms with Gasteiger partial charge in [0.2, 0.25) is 5.91 Å². The fraction of sp³-hybridized carbons (Fsp3) is 0.263. The number of para-hydroxylation sites is 1. The minimum atomic E-state index is -0.396. The highest BCUT2D eigenvalue weighted by Crippen LogP contribution is 2.22. The fourth-order valence-electron chi connectivity index (χ4n) is 2.91. The van der Waals surface area contributed by atoms with Gasteiger partial charge in [-0.1, -0.05) is 35.3 Å². The van der Waals surface area contributed by atoms with Gasteiger partial charge in [-0.15, -0.1) is 0 Å². The summed E-state index contributed by atoms with van der Waals surface area (Å²) in [5.41, 5.74) is 0.874. The highest BCUT2D eigenvalue weighted by Gasteiger charge is 2.23. The van der Waals surface area contributed by atoms with Crippen molar-refractivity contribution < 1.29 is 14.0 Å². The van der Waals surface area contributed by atoms with Gasteiger partial charge in [0.1, 0.15) is 5.82 Å². The van der Waals surface area contributed by atoms with Crippen LogP contribution in [0, 0.1) is 5.82 Å². The summed E-state index contributed by atoms with van der Waals surface area (Å²) >= 11 is 11.7. The molecule has 1 aliphatic heterocycles. The molecule has 2 amide bonds. The number of halogens is 3. The Labute approximate surface area is 166 Å².